The van der Waals surface area contributed by atoms with E-state index in [1.807, 2.05) is 0 Å². The van der Waals surface area contributed by atoms with Gasteiger partial charge in [0.05, 0.1) is 24.2 Å². The van der Waals surface area contributed by atoms with Crippen LogP contribution in [0.2, 0.25) is 0 Å². The van der Waals surface area contributed by atoms with E-state index < -0.39 is 25.6 Å². The van der Waals surface area contributed by atoms with Crippen molar-refractivity contribution in [1.29, 1.82) is 0 Å². The van der Waals surface area contributed by atoms with Crippen LogP contribution in [0.1, 0.15) is 25.1 Å². The zero-order chi connectivity index (χ0) is 18.4. The van der Waals surface area contributed by atoms with Gasteiger partial charge in [-0.3, -0.25) is 14.9 Å². The zero-order valence-electron chi connectivity index (χ0n) is 13.5. The van der Waals surface area contributed by atoms with Crippen LogP contribution >= 0.6 is 0 Å². The summed E-state index contributed by atoms with van der Waals surface area (Å²) in [5, 5.41) is 18.4. The maximum atomic E-state index is 12.1. The summed E-state index contributed by atoms with van der Waals surface area (Å²) in [6, 6.07) is 5.98. The summed E-state index contributed by atoms with van der Waals surface area (Å²) in [5.41, 5.74) is 1.11. The monoisotopic (exact) mass is 365 g/mol. The molecule has 1 aromatic carbocycles. The van der Waals surface area contributed by atoms with Crippen LogP contribution in [0.5, 0.6) is 0 Å². The number of hydrogen-bond donors (Lipinski definition) is 0. The number of hydrogen-bond acceptors (Lipinski definition) is 7. The molecule has 1 fully saturated rings. The molecule has 25 heavy (non-hydrogen) atoms. The topological polar surface area (TPSA) is 128 Å². The minimum absolute atomic E-state index is 0.00727. The quantitative estimate of drug-likeness (QED) is 0.563. The summed E-state index contributed by atoms with van der Waals surface area (Å²) in [7, 11) is -3.67. The maximum absolute atomic E-state index is 12.1. The third-order valence-electron chi connectivity index (χ3n) is 4.06. The van der Waals surface area contributed by atoms with Crippen LogP contribution in [0.15, 0.2) is 30.5 Å². The number of nitro groups is 1. The number of nitrogens with zero attached hydrogens (tertiary/aromatic N) is 5. The van der Waals surface area contributed by atoms with E-state index >= 15 is 0 Å². The van der Waals surface area contributed by atoms with Crippen molar-refractivity contribution in [3.05, 3.63) is 51.8 Å². The number of sulfonamides is 1. The normalized spacial score (nSPS) is 18.0. The van der Waals surface area contributed by atoms with Gasteiger partial charge in [-0.05, 0) is 19.4 Å². The SMILES string of the molecule is CC1(C)C(=O)N(Cc2cn(Cc3ccc([N+](=O)[O-])cc3)nn2)S1(=O)=O. The van der Waals surface area contributed by atoms with Crippen LogP contribution in [-0.4, -0.2) is 43.3 Å². The minimum atomic E-state index is -3.67. The van der Waals surface area contributed by atoms with Crippen molar-refractivity contribution in [3.63, 3.8) is 0 Å². The number of nitro benzene ring substituents is 1. The first kappa shape index (κ1) is 17.0. The standard InChI is InChI=1S/C14H15N5O5S/c1-14(2)13(20)18(25(14,23)24)9-11-8-17(16-15-11)7-10-3-5-12(6-4-10)19(21)22/h3-6,8H,7,9H2,1-2H3. The van der Waals surface area contributed by atoms with E-state index in [4.69, 9.17) is 0 Å². The predicted octanol–water partition coefficient (Wildman–Crippen LogP) is 0.685. The lowest BCUT2D eigenvalue weighted by Gasteiger charge is -2.42. The van der Waals surface area contributed by atoms with Gasteiger partial charge in [0.15, 0.2) is 4.75 Å². The van der Waals surface area contributed by atoms with Crippen molar-refractivity contribution in [1.82, 2.24) is 19.3 Å². The Bertz CT molecular complexity index is 948. The fourth-order valence-corrected chi connectivity index (χ4v) is 3.96. The highest BCUT2D eigenvalue weighted by Gasteiger charge is 2.60. The molecule has 11 heteroatoms. The molecule has 0 atom stereocenters. The van der Waals surface area contributed by atoms with Gasteiger partial charge in [0.1, 0.15) is 5.69 Å². The van der Waals surface area contributed by atoms with Crippen LogP contribution in [0, 0.1) is 10.1 Å². The van der Waals surface area contributed by atoms with Gasteiger partial charge in [-0.2, -0.15) is 0 Å². The molecule has 1 saturated heterocycles. The van der Waals surface area contributed by atoms with Crippen molar-refractivity contribution in [2.24, 2.45) is 0 Å². The molecule has 1 aliphatic rings. The van der Waals surface area contributed by atoms with Crippen LogP contribution in [0.4, 0.5) is 5.69 Å². The van der Waals surface area contributed by atoms with Crippen molar-refractivity contribution < 1.29 is 18.1 Å². The van der Waals surface area contributed by atoms with E-state index in [1.165, 1.54) is 36.9 Å². The predicted molar refractivity (Wildman–Crippen MR) is 85.8 cm³/mol. The Labute approximate surface area is 143 Å². The lowest BCUT2D eigenvalue weighted by molar-refractivity contribution is -0.384. The first-order chi connectivity index (χ1) is 11.6. The number of non-ortho nitro benzene ring substituents is 1. The van der Waals surface area contributed by atoms with Crippen LogP contribution in [0.3, 0.4) is 0 Å². The van der Waals surface area contributed by atoms with E-state index in [9.17, 15) is 23.3 Å². The molecule has 0 unspecified atom stereocenters. The van der Waals surface area contributed by atoms with Crippen molar-refractivity contribution >= 4 is 21.6 Å². The molecule has 0 aliphatic carbocycles. The number of aromatic nitrogens is 3. The van der Waals surface area contributed by atoms with Crippen LogP contribution in [0.25, 0.3) is 0 Å². The highest BCUT2D eigenvalue weighted by atomic mass is 32.2. The summed E-state index contributed by atoms with van der Waals surface area (Å²) >= 11 is 0. The first-order valence-corrected chi connectivity index (χ1v) is 8.76. The Morgan fingerprint density at radius 1 is 1.20 bits per heavy atom. The Morgan fingerprint density at radius 2 is 1.84 bits per heavy atom. The molecule has 0 spiro atoms. The molecular formula is C14H15N5O5S. The Kier molecular flexibility index (Phi) is 3.82. The molecule has 132 valence electrons. The molecule has 0 bridgehead atoms. The highest BCUT2D eigenvalue weighted by molar-refractivity contribution is 7.94. The summed E-state index contributed by atoms with van der Waals surface area (Å²) < 4.78 is 25.0. The number of amides is 1. The molecule has 1 aromatic heterocycles. The van der Waals surface area contributed by atoms with Gasteiger partial charge in [-0.15, -0.1) is 5.10 Å². The van der Waals surface area contributed by atoms with Crippen molar-refractivity contribution in [2.45, 2.75) is 31.7 Å². The summed E-state index contributed by atoms with van der Waals surface area (Å²) in [6.45, 7) is 2.89. The van der Waals surface area contributed by atoms with Gasteiger partial charge >= 0.3 is 0 Å². The fraction of sp³-hybridized carbons (Fsp3) is 0.357. The molecule has 3 rings (SSSR count). The fourth-order valence-electron chi connectivity index (χ4n) is 2.46. The largest absolute Gasteiger partial charge is 0.272 e. The third-order valence-corrected chi connectivity index (χ3v) is 6.40. The number of rotatable bonds is 5. The number of carbonyl (C=O) groups is 1. The number of benzene rings is 1. The van der Waals surface area contributed by atoms with Crippen LogP contribution < -0.4 is 0 Å². The second-order valence-electron chi connectivity index (χ2n) is 6.16. The van der Waals surface area contributed by atoms with Crippen molar-refractivity contribution in [3.8, 4) is 0 Å². The maximum Gasteiger partial charge on any atom is 0.269 e. The average Bonchev–Trinajstić information content (AvgIpc) is 2.99. The van der Waals surface area contributed by atoms with E-state index in [1.54, 1.807) is 12.1 Å². The second kappa shape index (κ2) is 5.62. The lowest BCUT2D eigenvalue weighted by Crippen LogP contribution is -2.66. The Hall–Kier alpha value is -2.82. The highest BCUT2D eigenvalue weighted by Crippen LogP contribution is 2.35. The smallest absolute Gasteiger partial charge is 0.269 e. The van der Waals surface area contributed by atoms with Gasteiger partial charge < -0.3 is 0 Å². The van der Waals surface area contributed by atoms with Gasteiger partial charge in [0.25, 0.3) is 21.6 Å². The molecule has 1 aliphatic heterocycles. The molecule has 1 amide bonds. The average molecular weight is 365 g/mol. The molecule has 10 nitrogen and oxygen atoms in total. The number of carbonyl (C=O) groups excluding carboxylic acids is 1. The van der Waals surface area contributed by atoms with Gasteiger partial charge in [-0.25, -0.2) is 17.4 Å². The van der Waals surface area contributed by atoms with E-state index in [-0.39, 0.29) is 12.2 Å². The summed E-state index contributed by atoms with van der Waals surface area (Å²) in [6.07, 6.45) is 1.54. The first-order valence-electron chi connectivity index (χ1n) is 7.32. The molecule has 0 radical (unpaired) electrons. The molecule has 2 aromatic rings. The second-order valence-corrected chi connectivity index (χ2v) is 8.57. The summed E-state index contributed by atoms with van der Waals surface area (Å²) in [5.74, 6) is -0.475. The minimum Gasteiger partial charge on any atom is -0.272 e. The van der Waals surface area contributed by atoms with Gasteiger partial charge in [0.2, 0.25) is 0 Å². The van der Waals surface area contributed by atoms with E-state index in [2.05, 4.69) is 10.3 Å². The van der Waals surface area contributed by atoms with E-state index in [0.29, 0.717) is 12.2 Å². The van der Waals surface area contributed by atoms with E-state index in [0.717, 1.165) is 9.87 Å². The molecule has 0 N–H and O–H groups in total. The Balaban J connectivity index is 1.69. The van der Waals surface area contributed by atoms with Crippen LogP contribution in [-0.2, 0) is 27.9 Å². The van der Waals surface area contributed by atoms with Gasteiger partial charge in [-0.1, -0.05) is 17.3 Å². The molecule has 2 heterocycles. The lowest BCUT2D eigenvalue weighted by atomic mass is 10.2. The Morgan fingerprint density at radius 3 is 2.40 bits per heavy atom. The summed E-state index contributed by atoms with van der Waals surface area (Å²) in [4.78, 5) is 22.1. The third kappa shape index (κ3) is 2.76. The molecular weight excluding hydrogens is 350 g/mol. The molecule has 0 saturated carbocycles. The van der Waals surface area contributed by atoms with Crippen molar-refractivity contribution in [2.75, 3.05) is 0 Å². The van der Waals surface area contributed by atoms with Gasteiger partial charge in [0, 0.05) is 12.1 Å². The zero-order valence-corrected chi connectivity index (χ0v) is 14.3.